The highest BCUT2D eigenvalue weighted by Gasteiger charge is 2.78. The molecule has 2 aromatic carbocycles. The van der Waals surface area contributed by atoms with E-state index in [1.165, 1.54) is 26.0 Å². The van der Waals surface area contributed by atoms with Crippen LogP contribution in [0.15, 0.2) is 83.5 Å². The van der Waals surface area contributed by atoms with Crippen molar-refractivity contribution in [2.75, 3.05) is 6.61 Å². The summed E-state index contributed by atoms with van der Waals surface area (Å²) in [6, 6.07) is 14.9. The molecule has 306 valence electrons. The minimum Gasteiger partial charge on any atom is -0.456 e. The van der Waals surface area contributed by atoms with Crippen molar-refractivity contribution in [3.05, 3.63) is 94.6 Å². The van der Waals surface area contributed by atoms with Crippen LogP contribution in [-0.2, 0) is 38.1 Å². The molecule has 1 heterocycles. The quantitative estimate of drug-likeness (QED) is 0.107. The van der Waals surface area contributed by atoms with E-state index in [0.29, 0.717) is 11.1 Å². The number of ether oxygens (including phenoxy) is 4. The lowest BCUT2D eigenvalue weighted by Crippen LogP contribution is -2.81. The number of fused-ring (bicyclic) bond motifs is 5. The summed E-state index contributed by atoms with van der Waals surface area (Å²) in [5, 5.41) is 51.7. The van der Waals surface area contributed by atoms with Gasteiger partial charge in [0.1, 0.15) is 30.0 Å². The lowest BCUT2D eigenvalue weighted by atomic mass is 9.44. The lowest BCUT2D eigenvalue weighted by molar-refractivity contribution is -0.346. The molecule has 2 aromatic rings. The Bertz CT molecular complexity index is 1990. The average molecular weight is 790 g/mol. The fraction of sp³-hybridized carbons (Fsp3) is 0.512. The Balaban J connectivity index is 1.50. The van der Waals surface area contributed by atoms with Crippen LogP contribution in [-0.4, -0.2) is 104 Å². The minimum absolute atomic E-state index is 0.0497. The number of Topliss-reactive ketones (excluding diaryl/α,β-unsaturated/α-hetero) is 1. The lowest BCUT2D eigenvalue weighted by Gasteiger charge is -2.67. The minimum atomic E-state index is -2.34. The summed E-state index contributed by atoms with van der Waals surface area (Å²) in [5.41, 5.74) is -6.75. The number of amides is 1. The summed E-state index contributed by atoms with van der Waals surface area (Å²) >= 11 is 0. The van der Waals surface area contributed by atoms with Gasteiger partial charge in [-0.1, -0.05) is 68.5 Å². The van der Waals surface area contributed by atoms with Crippen molar-refractivity contribution in [2.24, 2.45) is 16.7 Å². The molecule has 14 nitrogen and oxygen atoms in total. The highest BCUT2D eigenvalue weighted by Crippen LogP contribution is 2.64. The van der Waals surface area contributed by atoms with E-state index in [1.807, 2.05) is 0 Å². The van der Waals surface area contributed by atoms with Crippen molar-refractivity contribution >= 4 is 29.6 Å². The molecule has 1 aliphatic heterocycles. The van der Waals surface area contributed by atoms with Gasteiger partial charge in [-0.3, -0.25) is 14.4 Å². The van der Waals surface area contributed by atoms with Crippen LogP contribution in [0.3, 0.4) is 0 Å². The van der Waals surface area contributed by atoms with Crippen LogP contribution in [0.25, 0.3) is 0 Å². The summed E-state index contributed by atoms with van der Waals surface area (Å²) in [6.07, 6.45) is -8.83. The number of hydrogen-bond donors (Lipinski definition) is 5. The first-order chi connectivity index (χ1) is 26.8. The summed E-state index contributed by atoms with van der Waals surface area (Å²) in [5.74, 6) is -5.84. The van der Waals surface area contributed by atoms with E-state index in [9.17, 15) is 44.4 Å². The first kappa shape index (κ1) is 41.9. The van der Waals surface area contributed by atoms with Gasteiger partial charge in [-0.05, 0) is 56.5 Å². The second-order valence-electron chi connectivity index (χ2n) is 16.4. The number of rotatable bonds is 9. The third-order valence-corrected chi connectivity index (χ3v) is 13.0. The van der Waals surface area contributed by atoms with Gasteiger partial charge in [0.25, 0.3) is 0 Å². The van der Waals surface area contributed by atoms with Gasteiger partial charge in [-0.15, -0.1) is 0 Å². The van der Waals surface area contributed by atoms with Crippen LogP contribution >= 0.6 is 0 Å². The summed E-state index contributed by atoms with van der Waals surface area (Å²) in [7, 11) is 0. The van der Waals surface area contributed by atoms with Crippen LogP contribution < -0.4 is 5.32 Å². The molecule has 3 fully saturated rings. The summed E-state index contributed by atoms with van der Waals surface area (Å²) in [4.78, 5) is 68.9. The van der Waals surface area contributed by atoms with Gasteiger partial charge < -0.3 is 44.7 Å². The number of hydrogen-bond acceptors (Lipinski definition) is 13. The molecular weight excluding hydrogens is 738 g/mol. The number of carbonyl (C=O) groups excluding carboxylic acids is 5. The number of allylic oxidation sites excluding steroid dienone is 1. The fourth-order valence-corrected chi connectivity index (χ4v) is 9.51. The Kier molecular flexibility index (Phi) is 11.2. The fourth-order valence-electron chi connectivity index (χ4n) is 9.51. The predicted molar refractivity (Wildman–Crippen MR) is 202 cm³/mol. The number of ketones is 1. The molecule has 0 aromatic heterocycles. The predicted octanol–water partition coefficient (Wildman–Crippen LogP) is 2.82. The average Bonchev–Trinajstić information content (AvgIpc) is 3.18. The Morgan fingerprint density at radius 1 is 0.965 bits per heavy atom. The smallest absolute Gasteiger partial charge is 0.338 e. The molecule has 0 radical (unpaired) electrons. The maximum atomic E-state index is 14.9. The van der Waals surface area contributed by atoms with Crippen LogP contribution in [0, 0.1) is 16.7 Å². The maximum Gasteiger partial charge on any atom is 0.338 e. The van der Waals surface area contributed by atoms with E-state index < -0.39 is 107 Å². The van der Waals surface area contributed by atoms with E-state index in [-0.39, 0.29) is 29.7 Å². The van der Waals surface area contributed by atoms with Crippen molar-refractivity contribution in [3.63, 3.8) is 0 Å². The molecule has 3 aliphatic carbocycles. The van der Waals surface area contributed by atoms with Crippen LogP contribution in [0.4, 0.5) is 0 Å². The van der Waals surface area contributed by atoms with Crippen molar-refractivity contribution in [1.29, 1.82) is 0 Å². The van der Waals surface area contributed by atoms with Gasteiger partial charge >= 0.3 is 17.9 Å². The number of benzene rings is 2. The monoisotopic (exact) mass is 789 g/mol. The van der Waals surface area contributed by atoms with Crippen molar-refractivity contribution < 1.29 is 63.3 Å². The Hall–Kier alpha value is -4.73. The molecule has 5 N–H and O–H groups in total. The second-order valence-corrected chi connectivity index (χ2v) is 16.4. The Labute approximate surface area is 330 Å². The molecule has 57 heavy (non-hydrogen) atoms. The van der Waals surface area contributed by atoms with Crippen LogP contribution in [0.2, 0.25) is 0 Å². The largest absolute Gasteiger partial charge is 0.456 e. The Morgan fingerprint density at radius 2 is 1.58 bits per heavy atom. The topological polar surface area (TPSA) is 215 Å². The van der Waals surface area contributed by atoms with Gasteiger partial charge in [0, 0.05) is 30.8 Å². The van der Waals surface area contributed by atoms with Crippen molar-refractivity contribution in [2.45, 2.75) is 115 Å². The molecule has 4 aliphatic rings. The Morgan fingerprint density at radius 3 is 2.14 bits per heavy atom. The van der Waals surface area contributed by atoms with Crippen LogP contribution in [0.1, 0.15) is 83.3 Å². The molecule has 14 heteroatoms. The zero-order valence-electron chi connectivity index (χ0n) is 33.1. The maximum absolute atomic E-state index is 14.9. The molecule has 0 spiro atoms. The number of nitrogens with one attached hydrogen (secondary N) is 1. The first-order valence-corrected chi connectivity index (χ1v) is 19.0. The number of carbonyl (C=O) groups is 5. The normalized spacial score (nSPS) is 34.2. The zero-order chi connectivity index (χ0) is 41.8. The first-order valence-electron chi connectivity index (χ1n) is 19.0. The van der Waals surface area contributed by atoms with E-state index in [1.54, 1.807) is 82.3 Å². The van der Waals surface area contributed by atoms with E-state index in [0.717, 1.165) is 6.92 Å². The highest BCUT2D eigenvalue weighted by molar-refractivity contribution is 5.95. The molecule has 1 amide bonds. The van der Waals surface area contributed by atoms with Gasteiger partial charge in [0.05, 0.1) is 35.6 Å². The SMILES string of the molecule is C/C=C(\C)C(=O)N[C@H](c1ccccc1)[C@@H](O)C(=O)O[C@H]1C[C@@]2(O)[C@@H](OC(=O)c3ccccc3)[C@@H]3[C@]4(OC(C)=O)CO[C@@H]4C[C@H](O)[C@@]3(C)C(=O)[C@H](O)C(=C1C)C2(C)C. The highest BCUT2D eigenvalue weighted by atomic mass is 16.6. The van der Waals surface area contributed by atoms with Crippen molar-refractivity contribution in [3.8, 4) is 0 Å². The zero-order valence-corrected chi connectivity index (χ0v) is 33.1. The number of aliphatic hydroxyl groups is 4. The third-order valence-electron chi connectivity index (χ3n) is 13.0. The van der Waals surface area contributed by atoms with E-state index in [4.69, 9.17) is 18.9 Å². The second kappa shape index (κ2) is 15.2. The molecule has 1 saturated heterocycles. The molecule has 2 saturated carbocycles. The number of aliphatic hydroxyl groups excluding tert-OH is 3. The summed E-state index contributed by atoms with van der Waals surface area (Å²) < 4.78 is 24.1. The van der Waals surface area contributed by atoms with Crippen molar-refractivity contribution in [1.82, 2.24) is 5.32 Å². The van der Waals surface area contributed by atoms with E-state index in [2.05, 4.69) is 5.32 Å². The molecule has 11 atom stereocenters. The van der Waals surface area contributed by atoms with Gasteiger partial charge in [0.15, 0.2) is 17.5 Å². The summed E-state index contributed by atoms with van der Waals surface area (Å²) in [6.45, 7) is 10.1. The van der Waals surface area contributed by atoms with Gasteiger partial charge in [-0.25, -0.2) is 9.59 Å². The van der Waals surface area contributed by atoms with Gasteiger partial charge in [0.2, 0.25) is 5.91 Å². The number of esters is 3. The van der Waals surface area contributed by atoms with Crippen LogP contribution in [0.5, 0.6) is 0 Å². The third kappa shape index (κ3) is 6.70. The molecule has 0 unspecified atom stereocenters. The molecular formula is C43H51NO13. The van der Waals surface area contributed by atoms with E-state index >= 15 is 0 Å². The standard InChI is InChI=1S/C43H51NO13/c1-8-22(2)37(50)44-31(25-15-11-9-12-16-25)33(48)39(52)55-27-20-43(53)36(56-38(51)26-17-13-10-14-18-26)34-41(7,35(49)32(47)30(23(27)3)40(43,5)6)28(46)19-29-42(34,21-54-29)57-24(4)45/h8-18,27-29,31-34,36,46-48,53H,19-21H2,1-7H3,(H,44,50)/b22-8+/t27-,28-,29+,31+,32+,33+,34-,36-,41+,42-,43+/m0/s1. The molecule has 6 rings (SSSR count). The van der Waals surface area contributed by atoms with Gasteiger partial charge in [-0.2, -0.15) is 0 Å². The molecule has 2 bridgehead atoms.